The van der Waals surface area contributed by atoms with E-state index in [4.69, 9.17) is 14.0 Å². The molecule has 0 amide bonds. The fourth-order valence-electron chi connectivity index (χ4n) is 2.22. The first-order valence-electron chi connectivity index (χ1n) is 5.97. The van der Waals surface area contributed by atoms with E-state index in [0.29, 0.717) is 0 Å². The molecule has 17 heavy (non-hydrogen) atoms. The third-order valence-corrected chi connectivity index (χ3v) is 2.95. The van der Waals surface area contributed by atoms with E-state index >= 15 is 0 Å². The van der Waals surface area contributed by atoms with Crippen LogP contribution in [0.25, 0.3) is 0 Å². The van der Waals surface area contributed by atoms with E-state index in [2.05, 4.69) is 20.8 Å². The Balaban J connectivity index is 2.15. The fraction of sp³-hybridized carbons (Fsp3) is 0.538. The molecule has 1 fully saturated rings. The molecule has 1 atom stereocenters. The highest BCUT2D eigenvalue weighted by Gasteiger charge is 2.37. The van der Waals surface area contributed by atoms with Crippen molar-refractivity contribution in [2.24, 2.45) is 0 Å². The Morgan fingerprint density at radius 3 is 2.47 bits per heavy atom. The van der Waals surface area contributed by atoms with Gasteiger partial charge in [-0.2, -0.15) is 0 Å². The molecule has 1 aliphatic heterocycles. The molecule has 0 N–H and O–H groups in total. The first-order chi connectivity index (χ1) is 8.00. The third-order valence-electron chi connectivity index (χ3n) is 2.95. The molecule has 0 bridgehead atoms. The van der Waals surface area contributed by atoms with Crippen molar-refractivity contribution in [3.8, 4) is 5.75 Å². The van der Waals surface area contributed by atoms with E-state index in [1.165, 1.54) is 0 Å². The van der Waals surface area contributed by atoms with Gasteiger partial charge in [-0.1, -0.05) is 12.1 Å². The lowest BCUT2D eigenvalue weighted by Crippen LogP contribution is -2.51. The van der Waals surface area contributed by atoms with Crippen LogP contribution in [0.4, 0.5) is 0 Å². The van der Waals surface area contributed by atoms with Crippen LogP contribution in [0, 0.1) is 0 Å². The summed E-state index contributed by atoms with van der Waals surface area (Å²) in [4.78, 5) is 0. The summed E-state index contributed by atoms with van der Waals surface area (Å²) in [5, 5.41) is 0. The van der Waals surface area contributed by atoms with Crippen LogP contribution in [0.1, 0.15) is 27.2 Å². The van der Waals surface area contributed by atoms with Crippen molar-refractivity contribution in [1.82, 2.24) is 0 Å². The van der Waals surface area contributed by atoms with Crippen molar-refractivity contribution >= 4 is 12.6 Å². The Bertz CT molecular complexity index is 375. The third kappa shape index (κ3) is 3.02. The predicted molar refractivity (Wildman–Crippen MR) is 68.7 cm³/mol. The van der Waals surface area contributed by atoms with Crippen molar-refractivity contribution < 1.29 is 14.0 Å². The minimum absolute atomic E-state index is 0.137. The number of hydrogen-bond acceptors (Lipinski definition) is 3. The van der Waals surface area contributed by atoms with Crippen LogP contribution in [0.2, 0.25) is 0 Å². The van der Waals surface area contributed by atoms with Gasteiger partial charge in [-0.3, -0.25) is 0 Å². The molecular weight excluding hydrogens is 215 g/mol. The maximum absolute atomic E-state index is 5.94. The van der Waals surface area contributed by atoms with E-state index < -0.39 is 0 Å². The number of hydrogen-bond donors (Lipinski definition) is 0. The molecule has 0 spiro atoms. The second kappa shape index (κ2) is 4.71. The van der Waals surface area contributed by atoms with Crippen LogP contribution in [0.5, 0.6) is 5.75 Å². The molecule has 1 aromatic carbocycles. The highest BCUT2D eigenvalue weighted by molar-refractivity contribution is 6.61. The van der Waals surface area contributed by atoms with Gasteiger partial charge in [0.05, 0.1) is 12.7 Å². The number of ether oxygens (including phenoxy) is 1. The van der Waals surface area contributed by atoms with Gasteiger partial charge in [0.1, 0.15) is 5.75 Å². The summed E-state index contributed by atoms with van der Waals surface area (Å²) in [7, 11) is 1.38. The van der Waals surface area contributed by atoms with Crippen LogP contribution in [0.15, 0.2) is 24.3 Å². The molecule has 0 aliphatic carbocycles. The zero-order chi connectivity index (χ0) is 12.5. The lowest BCUT2D eigenvalue weighted by atomic mass is 9.75. The molecule has 3 nitrogen and oxygen atoms in total. The maximum atomic E-state index is 5.94. The van der Waals surface area contributed by atoms with E-state index in [0.717, 1.165) is 17.6 Å². The zero-order valence-corrected chi connectivity index (χ0v) is 10.9. The molecule has 4 heteroatoms. The van der Waals surface area contributed by atoms with E-state index in [1.807, 2.05) is 24.3 Å². The smallest absolute Gasteiger partial charge is 0.494 e. The van der Waals surface area contributed by atoms with Gasteiger partial charge in [0.2, 0.25) is 0 Å². The summed E-state index contributed by atoms with van der Waals surface area (Å²) < 4.78 is 16.9. The second-order valence-electron chi connectivity index (χ2n) is 5.13. The Morgan fingerprint density at radius 2 is 1.94 bits per heavy atom. The molecule has 0 aromatic heterocycles. The van der Waals surface area contributed by atoms with Crippen LogP contribution in [0.3, 0.4) is 0 Å². The first kappa shape index (κ1) is 12.5. The average Bonchev–Trinajstić information content (AvgIpc) is 2.26. The van der Waals surface area contributed by atoms with Gasteiger partial charge in [-0.05, 0) is 44.8 Å². The molecule has 0 saturated carbocycles. The van der Waals surface area contributed by atoms with Gasteiger partial charge in [0.25, 0.3) is 0 Å². The Morgan fingerprint density at radius 1 is 1.29 bits per heavy atom. The topological polar surface area (TPSA) is 27.7 Å². The van der Waals surface area contributed by atoms with E-state index in [-0.39, 0.29) is 18.8 Å². The summed E-state index contributed by atoms with van der Waals surface area (Å²) in [6.07, 6.45) is 1.13. The molecule has 2 rings (SSSR count). The average molecular weight is 234 g/mol. The minimum Gasteiger partial charge on any atom is -0.497 e. The second-order valence-corrected chi connectivity index (χ2v) is 5.13. The predicted octanol–water partition coefficient (Wildman–Crippen LogP) is 1.99. The molecule has 1 aliphatic rings. The number of rotatable bonds is 2. The van der Waals surface area contributed by atoms with Crippen LogP contribution in [-0.4, -0.2) is 25.9 Å². The van der Waals surface area contributed by atoms with Crippen LogP contribution in [-0.2, 0) is 9.31 Å². The van der Waals surface area contributed by atoms with Crippen molar-refractivity contribution in [2.75, 3.05) is 7.11 Å². The monoisotopic (exact) mass is 234 g/mol. The molecule has 0 unspecified atom stereocenters. The lowest BCUT2D eigenvalue weighted by molar-refractivity contribution is -0.0229. The zero-order valence-electron chi connectivity index (χ0n) is 10.9. The summed E-state index contributed by atoms with van der Waals surface area (Å²) in [5.41, 5.74) is 0.896. The van der Waals surface area contributed by atoms with Gasteiger partial charge in [0, 0.05) is 6.10 Å². The standard InChI is InChI=1S/C13H19BO3/c1-10-9-13(2,3)17-14(16-10)11-5-7-12(15-4)8-6-11/h5-8,10H,9H2,1-4H3/t10-/m0/s1. The van der Waals surface area contributed by atoms with Crippen molar-refractivity contribution in [2.45, 2.75) is 38.9 Å². The highest BCUT2D eigenvalue weighted by Crippen LogP contribution is 2.25. The minimum atomic E-state index is -0.278. The van der Waals surface area contributed by atoms with Crippen LogP contribution >= 0.6 is 0 Å². The SMILES string of the molecule is COc1ccc(B2O[C@@H](C)CC(C)(C)O2)cc1. The van der Waals surface area contributed by atoms with Crippen molar-refractivity contribution in [3.63, 3.8) is 0 Å². The first-order valence-corrected chi connectivity index (χ1v) is 5.97. The van der Waals surface area contributed by atoms with Gasteiger partial charge >= 0.3 is 7.12 Å². The Labute approximate surface area is 103 Å². The number of benzene rings is 1. The molecule has 1 heterocycles. The van der Waals surface area contributed by atoms with E-state index in [1.54, 1.807) is 7.11 Å². The molecule has 92 valence electrons. The Kier molecular flexibility index (Phi) is 3.45. The van der Waals surface area contributed by atoms with Gasteiger partial charge in [-0.25, -0.2) is 0 Å². The summed E-state index contributed by atoms with van der Waals surface area (Å²) >= 11 is 0. The van der Waals surface area contributed by atoms with Gasteiger partial charge in [-0.15, -0.1) is 0 Å². The molecular formula is C13H19BO3. The van der Waals surface area contributed by atoms with E-state index in [9.17, 15) is 0 Å². The maximum Gasteiger partial charge on any atom is 0.494 e. The van der Waals surface area contributed by atoms with Gasteiger partial charge in [0.15, 0.2) is 0 Å². The normalized spacial score (nSPS) is 23.5. The van der Waals surface area contributed by atoms with Crippen molar-refractivity contribution in [3.05, 3.63) is 24.3 Å². The van der Waals surface area contributed by atoms with Gasteiger partial charge < -0.3 is 14.0 Å². The highest BCUT2D eigenvalue weighted by atomic mass is 16.6. The molecule has 1 aromatic rings. The quantitative estimate of drug-likeness (QED) is 0.732. The summed E-state index contributed by atoms with van der Waals surface area (Å²) in [5.74, 6) is 0.844. The van der Waals surface area contributed by atoms with Crippen LogP contribution < -0.4 is 10.2 Å². The number of methoxy groups -OCH3 is 1. The largest absolute Gasteiger partial charge is 0.497 e. The molecule has 0 radical (unpaired) electrons. The van der Waals surface area contributed by atoms with Crippen molar-refractivity contribution in [1.29, 1.82) is 0 Å². The lowest BCUT2D eigenvalue weighted by Gasteiger charge is -2.38. The summed E-state index contributed by atoms with van der Waals surface area (Å²) in [6.45, 7) is 6.28. The molecule has 1 saturated heterocycles. The fourth-order valence-corrected chi connectivity index (χ4v) is 2.22. The Hall–Kier alpha value is -0.995. The summed E-state index contributed by atoms with van der Waals surface area (Å²) in [6, 6.07) is 7.82.